The van der Waals surface area contributed by atoms with Gasteiger partial charge in [-0.05, 0) is 62.3 Å². The molecule has 5 nitrogen and oxygen atoms in total. The van der Waals surface area contributed by atoms with Gasteiger partial charge in [-0.1, -0.05) is 37.3 Å². The van der Waals surface area contributed by atoms with E-state index in [1.807, 2.05) is 18.2 Å². The van der Waals surface area contributed by atoms with Gasteiger partial charge < -0.3 is 19.9 Å². The Morgan fingerprint density at radius 3 is 2.75 bits per heavy atom. The monoisotopic (exact) mass is 437 g/mol. The molecule has 0 radical (unpaired) electrons. The Balaban J connectivity index is 1.49. The number of carbonyl (C=O) groups excluding carboxylic acids is 1. The van der Waals surface area contributed by atoms with Gasteiger partial charge in [-0.25, -0.2) is 0 Å². The van der Waals surface area contributed by atoms with E-state index in [1.165, 1.54) is 12.5 Å². The molecule has 172 valence electrons. The molecule has 1 heterocycles. The van der Waals surface area contributed by atoms with E-state index in [0.29, 0.717) is 42.4 Å². The quantitative estimate of drug-likeness (QED) is 0.453. The third-order valence-corrected chi connectivity index (χ3v) is 6.95. The molecule has 0 amide bonds. The molecule has 5 unspecified atom stereocenters. The van der Waals surface area contributed by atoms with E-state index in [2.05, 4.69) is 43.4 Å². The molecule has 2 N–H and O–H groups in total. The van der Waals surface area contributed by atoms with Gasteiger partial charge in [0.1, 0.15) is 11.5 Å². The van der Waals surface area contributed by atoms with Crippen LogP contribution in [0.15, 0.2) is 42.5 Å². The van der Waals surface area contributed by atoms with E-state index < -0.39 is 0 Å². The number of esters is 1. The largest absolute Gasteiger partial charge is 0.493 e. The maximum atomic E-state index is 11.8. The summed E-state index contributed by atoms with van der Waals surface area (Å²) in [4.78, 5) is 11.8. The molecular formula is C27H35NO4. The number of aliphatic hydroxyl groups is 1. The van der Waals surface area contributed by atoms with Crippen LogP contribution in [0.25, 0.3) is 0 Å². The predicted molar refractivity (Wildman–Crippen MR) is 126 cm³/mol. The number of hydrogen-bond acceptors (Lipinski definition) is 5. The second kappa shape index (κ2) is 9.95. The molecule has 32 heavy (non-hydrogen) atoms. The molecule has 2 aliphatic rings. The van der Waals surface area contributed by atoms with E-state index in [0.717, 1.165) is 36.9 Å². The Hall–Kier alpha value is -2.53. The van der Waals surface area contributed by atoms with Gasteiger partial charge in [-0.2, -0.15) is 0 Å². The Bertz CT molecular complexity index is 929. The summed E-state index contributed by atoms with van der Waals surface area (Å²) in [6.45, 7) is 6.47. The van der Waals surface area contributed by atoms with Crippen molar-refractivity contribution in [3.05, 3.63) is 53.6 Å². The Kier molecular flexibility index (Phi) is 7.04. The SMILES string of the molecule is CC(=O)Oc1cc(OCCC(C)Cc2ccccc2)cc2c1C1CC(O)CCC1C(C)N2. The lowest BCUT2D eigenvalue weighted by Crippen LogP contribution is -2.40. The number of anilines is 1. The number of carbonyl (C=O) groups is 1. The van der Waals surface area contributed by atoms with Crippen LogP contribution in [0.2, 0.25) is 0 Å². The van der Waals surface area contributed by atoms with Crippen molar-refractivity contribution in [3.8, 4) is 11.5 Å². The average molecular weight is 438 g/mol. The van der Waals surface area contributed by atoms with Crippen molar-refractivity contribution in [2.24, 2.45) is 11.8 Å². The topological polar surface area (TPSA) is 67.8 Å². The predicted octanol–water partition coefficient (Wildman–Crippen LogP) is 5.32. The Morgan fingerprint density at radius 2 is 2.00 bits per heavy atom. The lowest BCUT2D eigenvalue weighted by Gasteiger charge is -2.44. The smallest absolute Gasteiger partial charge is 0.308 e. The summed E-state index contributed by atoms with van der Waals surface area (Å²) in [5, 5.41) is 13.9. The third kappa shape index (κ3) is 5.26. The first-order chi connectivity index (χ1) is 15.4. The summed E-state index contributed by atoms with van der Waals surface area (Å²) in [7, 11) is 0. The second-order valence-electron chi connectivity index (χ2n) is 9.58. The zero-order valence-corrected chi connectivity index (χ0v) is 19.3. The lowest BCUT2D eigenvalue weighted by molar-refractivity contribution is -0.131. The average Bonchev–Trinajstić information content (AvgIpc) is 2.73. The van der Waals surface area contributed by atoms with Crippen LogP contribution in [-0.4, -0.2) is 29.8 Å². The van der Waals surface area contributed by atoms with Gasteiger partial charge in [0.2, 0.25) is 0 Å². The van der Waals surface area contributed by atoms with Crippen LogP contribution in [0.5, 0.6) is 11.5 Å². The highest BCUT2D eigenvalue weighted by molar-refractivity contribution is 5.73. The first-order valence-electron chi connectivity index (χ1n) is 11.9. The molecule has 0 bridgehead atoms. The van der Waals surface area contributed by atoms with E-state index in [-0.39, 0.29) is 18.0 Å². The van der Waals surface area contributed by atoms with Gasteiger partial charge in [0.25, 0.3) is 0 Å². The van der Waals surface area contributed by atoms with Crippen molar-refractivity contribution in [2.75, 3.05) is 11.9 Å². The molecule has 5 atom stereocenters. The molecule has 1 fully saturated rings. The number of ether oxygens (including phenoxy) is 2. The van der Waals surface area contributed by atoms with Gasteiger partial charge in [0.15, 0.2) is 0 Å². The number of hydrogen-bond donors (Lipinski definition) is 2. The number of aliphatic hydroxyl groups excluding tert-OH is 1. The van der Waals surface area contributed by atoms with Crippen molar-refractivity contribution in [1.29, 1.82) is 0 Å². The van der Waals surface area contributed by atoms with Crippen molar-refractivity contribution in [1.82, 2.24) is 0 Å². The van der Waals surface area contributed by atoms with E-state index in [1.54, 1.807) is 0 Å². The number of benzene rings is 2. The molecule has 0 saturated heterocycles. The summed E-state index contributed by atoms with van der Waals surface area (Å²) in [6.07, 6.45) is 4.16. The number of rotatable bonds is 7. The first kappa shape index (κ1) is 22.7. The Morgan fingerprint density at radius 1 is 1.22 bits per heavy atom. The molecule has 0 aromatic heterocycles. The van der Waals surface area contributed by atoms with Gasteiger partial charge >= 0.3 is 5.97 Å². The molecule has 2 aromatic carbocycles. The van der Waals surface area contributed by atoms with Gasteiger partial charge in [0, 0.05) is 36.3 Å². The van der Waals surface area contributed by atoms with Crippen LogP contribution in [0.1, 0.15) is 63.5 Å². The molecule has 1 aliphatic carbocycles. The van der Waals surface area contributed by atoms with E-state index >= 15 is 0 Å². The van der Waals surface area contributed by atoms with Gasteiger partial charge in [-0.15, -0.1) is 0 Å². The summed E-state index contributed by atoms with van der Waals surface area (Å²) >= 11 is 0. The van der Waals surface area contributed by atoms with E-state index in [4.69, 9.17) is 9.47 Å². The standard InChI is InChI=1S/C27H35NO4/c1-17(13-20-7-5-4-6-8-20)11-12-31-22-15-25-27(26(16-22)32-19(3)29)24-14-21(30)9-10-23(24)18(2)28-25/h4-8,15-18,21,23-24,28,30H,9-14H2,1-3H3. The summed E-state index contributed by atoms with van der Waals surface area (Å²) in [5.74, 6) is 2.04. The van der Waals surface area contributed by atoms with Crippen LogP contribution in [0.3, 0.4) is 0 Å². The molecule has 5 heteroatoms. The van der Waals surface area contributed by atoms with Crippen LogP contribution in [0, 0.1) is 11.8 Å². The zero-order valence-electron chi connectivity index (χ0n) is 19.3. The van der Waals surface area contributed by atoms with Crippen molar-refractivity contribution in [2.45, 2.75) is 70.9 Å². The number of fused-ring (bicyclic) bond motifs is 3. The summed E-state index contributed by atoms with van der Waals surface area (Å²) in [5.41, 5.74) is 3.30. The maximum Gasteiger partial charge on any atom is 0.308 e. The van der Waals surface area contributed by atoms with Crippen LogP contribution >= 0.6 is 0 Å². The fraction of sp³-hybridized carbons (Fsp3) is 0.519. The van der Waals surface area contributed by atoms with Crippen molar-refractivity contribution in [3.63, 3.8) is 0 Å². The zero-order chi connectivity index (χ0) is 22.7. The first-order valence-corrected chi connectivity index (χ1v) is 11.9. The highest BCUT2D eigenvalue weighted by atomic mass is 16.5. The van der Waals surface area contributed by atoms with Crippen LogP contribution in [0.4, 0.5) is 5.69 Å². The second-order valence-corrected chi connectivity index (χ2v) is 9.58. The molecule has 1 saturated carbocycles. The normalized spacial score (nSPS) is 25.1. The fourth-order valence-corrected chi connectivity index (χ4v) is 5.38. The molecule has 1 aliphatic heterocycles. The molecule has 4 rings (SSSR count). The van der Waals surface area contributed by atoms with Gasteiger partial charge in [-0.3, -0.25) is 4.79 Å². The molecular weight excluding hydrogens is 402 g/mol. The molecule has 2 aromatic rings. The Labute approximate surface area is 191 Å². The fourth-order valence-electron chi connectivity index (χ4n) is 5.38. The van der Waals surface area contributed by atoms with Crippen LogP contribution < -0.4 is 14.8 Å². The third-order valence-electron chi connectivity index (χ3n) is 6.95. The minimum absolute atomic E-state index is 0.180. The minimum atomic E-state index is -0.340. The highest BCUT2D eigenvalue weighted by Crippen LogP contribution is 2.51. The van der Waals surface area contributed by atoms with E-state index in [9.17, 15) is 9.90 Å². The minimum Gasteiger partial charge on any atom is -0.493 e. The maximum absolute atomic E-state index is 11.8. The van der Waals surface area contributed by atoms with Crippen LogP contribution in [-0.2, 0) is 11.2 Å². The summed E-state index contributed by atoms with van der Waals surface area (Å²) in [6, 6.07) is 14.7. The highest BCUT2D eigenvalue weighted by Gasteiger charge is 2.40. The summed E-state index contributed by atoms with van der Waals surface area (Å²) < 4.78 is 11.8. The molecule has 0 spiro atoms. The number of nitrogens with one attached hydrogen (secondary N) is 1. The van der Waals surface area contributed by atoms with Gasteiger partial charge in [0.05, 0.1) is 12.7 Å². The lowest BCUT2D eigenvalue weighted by atomic mass is 9.68. The van der Waals surface area contributed by atoms with Crippen molar-refractivity contribution >= 4 is 11.7 Å². The van der Waals surface area contributed by atoms with Crippen molar-refractivity contribution < 1.29 is 19.4 Å².